The Bertz CT molecular complexity index is 744. The van der Waals surface area contributed by atoms with Crippen molar-refractivity contribution in [1.29, 1.82) is 0 Å². The zero-order chi connectivity index (χ0) is 18.0. The average molecular weight is 386 g/mol. The highest BCUT2D eigenvalue weighted by Gasteiger charge is 2.32. The molecule has 0 spiro atoms. The normalized spacial score (nSPS) is 20.1. The maximum Gasteiger partial charge on any atom is 0.336 e. The number of carbonyl (C=O) groups is 2. The lowest BCUT2D eigenvalue weighted by Crippen LogP contribution is -2.50. The molecule has 2 aliphatic rings. The number of carboxylic acids is 1. The van der Waals surface area contributed by atoms with E-state index in [-0.39, 0.29) is 28.8 Å². The van der Waals surface area contributed by atoms with Crippen LogP contribution in [0.1, 0.15) is 42.5 Å². The Kier molecular flexibility index (Phi) is 5.45. The molecule has 3 rings (SSSR count). The molecular formula is C16H22N2O5S2. The van der Waals surface area contributed by atoms with Crippen LogP contribution >= 0.6 is 11.3 Å². The largest absolute Gasteiger partial charge is 0.478 e. The molecule has 0 atom stereocenters. The minimum absolute atomic E-state index is 0.0195. The summed E-state index contributed by atoms with van der Waals surface area (Å²) in [5, 5.41) is 10.3. The number of hydrogen-bond donors (Lipinski definition) is 1. The van der Waals surface area contributed by atoms with E-state index in [1.165, 1.54) is 28.6 Å². The molecule has 1 aromatic rings. The number of hydrogen-bond acceptors (Lipinski definition) is 5. The average Bonchev–Trinajstić information content (AvgIpc) is 3.26. The van der Waals surface area contributed by atoms with Crippen molar-refractivity contribution in [2.75, 3.05) is 26.2 Å². The number of carboxylic acid groups (broad SMARTS) is 1. The van der Waals surface area contributed by atoms with Gasteiger partial charge in [0.1, 0.15) is 4.21 Å². The third-order valence-electron chi connectivity index (χ3n) is 4.95. The number of piperazine rings is 1. The van der Waals surface area contributed by atoms with Crippen LogP contribution in [0.5, 0.6) is 0 Å². The summed E-state index contributed by atoms with van der Waals surface area (Å²) < 4.78 is 26.6. The van der Waals surface area contributed by atoms with Crippen LogP contribution < -0.4 is 0 Å². The molecule has 1 amide bonds. The number of aromatic carboxylic acids is 1. The molecule has 2 heterocycles. The van der Waals surface area contributed by atoms with Crippen molar-refractivity contribution in [3.05, 3.63) is 17.0 Å². The first-order chi connectivity index (χ1) is 11.9. The fraction of sp³-hybridized carbons (Fsp3) is 0.625. The maximum absolute atomic E-state index is 12.6. The molecule has 1 aliphatic carbocycles. The van der Waals surface area contributed by atoms with Crippen LogP contribution in [0.3, 0.4) is 0 Å². The van der Waals surface area contributed by atoms with E-state index in [4.69, 9.17) is 5.11 Å². The van der Waals surface area contributed by atoms with E-state index in [0.717, 1.165) is 24.2 Å². The third-order valence-corrected chi connectivity index (χ3v) is 8.26. The van der Waals surface area contributed by atoms with E-state index in [9.17, 15) is 18.0 Å². The second-order valence-electron chi connectivity index (χ2n) is 6.60. The Morgan fingerprint density at radius 1 is 1.16 bits per heavy atom. The monoisotopic (exact) mass is 386 g/mol. The Labute approximate surface area is 151 Å². The van der Waals surface area contributed by atoms with Crippen molar-refractivity contribution in [2.45, 2.75) is 36.3 Å². The van der Waals surface area contributed by atoms with Crippen molar-refractivity contribution in [1.82, 2.24) is 9.21 Å². The number of thiophene rings is 1. The van der Waals surface area contributed by atoms with Gasteiger partial charge in [-0.1, -0.05) is 12.8 Å². The quantitative estimate of drug-likeness (QED) is 0.833. The van der Waals surface area contributed by atoms with Gasteiger partial charge in [0.15, 0.2) is 0 Å². The van der Waals surface area contributed by atoms with Gasteiger partial charge in [-0.05, 0) is 24.8 Å². The predicted octanol–water partition coefficient (Wildman–Crippen LogP) is 1.86. The fourth-order valence-electron chi connectivity index (χ4n) is 3.46. The summed E-state index contributed by atoms with van der Waals surface area (Å²) in [5.41, 5.74) is -0.0195. The van der Waals surface area contributed by atoms with E-state index in [1.54, 1.807) is 4.90 Å². The molecule has 0 unspecified atom stereocenters. The number of sulfonamides is 1. The van der Waals surface area contributed by atoms with Crippen LogP contribution in [0.4, 0.5) is 0 Å². The van der Waals surface area contributed by atoms with Gasteiger partial charge in [0.05, 0.1) is 5.56 Å². The fourth-order valence-corrected chi connectivity index (χ4v) is 6.19. The molecule has 1 saturated carbocycles. The summed E-state index contributed by atoms with van der Waals surface area (Å²) in [4.78, 5) is 25.0. The second kappa shape index (κ2) is 7.43. The van der Waals surface area contributed by atoms with E-state index >= 15 is 0 Å². The summed E-state index contributed by atoms with van der Waals surface area (Å²) in [6.45, 7) is 1.28. The van der Waals surface area contributed by atoms with Gasteiger partial charge >= 0.3 is 5.97 Å². The summed E-state index contributed by atoms with van der Waals surface area (Å²) in [6.07, 6.45) is 5.20. The minimum Gasteiger partial charge on any atom is -0.478 e. The van der Waals surface area contributed by atoms with Crippen molar-refractivity contribution < 1.29 is 23.1 Å². The Balaban J connectivity index is 1.58. The second-order valence-corrected chi connectivity index (χ2v) is 9.68. The van der Waals surface area contributed by atoms with Crippen LogP contribution in [0.2, 0.25) is 0 Å². The van der Waals surface area contributed by atoms with Gasteiger partial charge in [0, 0.05) is 38.0 Å². The molecule has 0 bridgehead atoms. The highest BCUT2D eigenvalue weighted by atomic mass is 32.2. The zero-order valence-corrected chi connectivity index (χ0v) is 15.5. The summed E-state index contributed by atoms with van der Waals surface area (Å²) in [7, 11) is -3.70. The number of amides is 1. The third kappa shape index (κ3) is 4.04. The molecular weight excluding hydrogens is 364 g/mol. The number of nitrogens with zero attached hydrogens (tertiary/aromatic N) is 2. The molecule has 7 nitrogen and oxygen atoms in total. The molecule has 2 fully saturated rings. The molecule has 138 valence electrons. The van der Waals surface area contributed by atoms with Gasteiger partial charge in [-0.2, -0.15) is 4.31 Å². The molecule has 25 heavy (non-hydrogen) atoms. The summed E-state index contributed by atoms with van der Waals surface area (Å²) in [6, 6.07) is 1.19. The first-order valence-electron chi connectivity index (χ1n) is 8.47. The maximum atomic E-state index is 12.6. The van der Waals surface area contributed by atoms with E-state index < -0.39 is 16.0 Å². The molecule has 1 aromatic heterocycles. The lowest BCUT2D eigenvalue weighted by molar-refractivity contribution is -0.133. The van der Waals surface area contributed by atoms with Gasteiger partial charge < -0.3 is 10.0 Å². The number of carbonyl (C=O) groups excluding carboxylic acids is 1. The molecule has 1 saturated heterocycles. The zero-order valence-electron chi connectivity index (χ0n) is 13.9. The van der Waals surface area contributed by atoms with Gasteiger partial charge in [0.2, 0.25) is 5.91 Å². The SMILES string of the molecule is O=C(O)c1csc(S(=O)(=O)N2CCN(C(=O)CC3CCCC3)CC2)c1. The molecule has 1 aliphatic heterocycles. The smallest absolute Gasteiger partial charge is 0.336 e. The van der Waals surface area contributed by atoms with Gasteiger partial charge in [-0.15, -0.1) is 11.3 Å². The Hall–Kier alpha value is -1.45. The molecule has 9 heteroatoms. The molecule has 0 aromatic carbocycles. The first kappa shape index (κ1) is 18.3. The first-order valence-corrected chi connectivity index (χ1v) is 10.8. The van der Waals surface area contributed by atoms with E-state index in [1.807, 2.05) is 0 Å². The van der Waals surface area contributed by atoms with Crippen LogP contribution in [0.15, 0.2) is 15.7 Å². The van der Waals surface area contributed by atoms with Crippen molar-refractivity contribution in [3.8, 4) is 0 Å². The lowest BCUT2D eigenvalue weighted by atomic mass is 10.0. The molecule has 1 N–H and O–H groups in total. The van der Waals surface area contributed by atoms with Crippen LogP contribution in [0, 0.1) is 5.92 Å². The minimum atomic E-state index is -3.70. The van der Waals surface area contributed by atoms with Gasteiger partial charge in [0.25, 0.3) is 10.0 Å². The Morgan fingerprint density at radius 3 is 2.36 bits per heavy atom. The van der Waals surface area contributed by atoms with Crippen molar-refractivity contribution >= 4 is 33.2 Å². The van der Waals surface area contributed by atoms with E-state index in [2.05, 4.69) is 0 Å². The van der Waals surface area contributed by atoms with Gasteiger partial charge in [-0.25, -0.2) is 13.2 Å². The highest BCUT2D eigenvalue weighted by molar-refractivity contribution is 7.91. The van der Waals surface area contributed by atoms with Crippen LogP contribution in [-0.4, -0.2) is 60.8 Å². The summed E-state index contributed by atoms with van der Waals surface area (Å²) in [5.74, 6) is -0.539. The standard InChI is InChI=1S/C16H22N2O5S2/c19-14(9-12-3-1-2-4-12)17-5-7-18(8-6-17)25(22,23)15-10-13(11-24-15)16(20)21/h10-12H,1-9H2,(H,20,21). The molecule has 0 radical (unpaired) electrons. The van der Waals surface area contributed by atoms with Crippen LogP contribution in [0.25, 0.3) is 0 Å². The topological polar surface area (TPSA) is 95.0 Å². The highest BCUT2D eigenvalue weighted by Crippen LogP contribution is 2.29. The predicted molar refractivity (Wildman–Crippen MR) is 93.2 cm³/mol. The lowest BCUT2D eigenvalue weighted by Gasteiger charge is -2.34. The van der Waals surface area contributed by atoms with Gasteiger partial charge in [-0.3, -0.25) is 4.79 Å². The summed E-state index contributed by atoms with van der Waals surface area (Å²) >= 11 is 0.916. The number of rotatable bonds is 5. The van der Waals surface area contributed by atoms with Crippen molar-refractivity contribution in [2.24, 2.45) is 5.92 Å². The van der Waals surface area contributed by atoms with Crippen molar-refractivity contribution in [3.63, 3.8) is 0 Å². The van der Waals surface area contributed by atoms with E-state index in [0.29, 0.717) is 25.4 Å². The van der Waals surface area contributed by atoms with Crippen LogP contribution in [-0.2, 0) is 14.8 Å². The Morgan fingerprint density at radius 2 is 1.80 bits per heavy atom.